The van der Waals surface area contributed by atoms with Crippen molar-refractivity contribution in [3.63, 3.8) is 0 Å². The van der Waals surface area contributed by atoms with Crippen LogP contribution in [0.3, 0.4) is 0 Å². The molecular weight excluding hydrogens is 242 g/mol. The Morgan fingerprint density at radius 2 is 2.21 bits per heavy atom. The first-order valence-electron chi connectivity index (χ1n) is 6.80. The van der Waals surface area contributed by atoms with Crippen LogP contribution in [-0.2, 0) is 4.74 Å². The highest BCUT2D eigenvalue weighted by atomic mass is 16.5. The van der Waals surface area contributed by atoms with E-state index in [0.717, 1.165) is 19.5 Å². The molecule has 1 aliphatic rings. The molecule has 19 heavy (non-hydrogen) atoms. The first kappa shape index (κ1) is 14.2. The molecule has 0 aliphatic carbocycles. The molecule has 0 saturated carbocycles. The van der Waals surface area contributed by atoms with E-state index < -0.39 is 6.10 Å². The van der Waals surface area contributed by atoms with Crippen LogP contribution in [0.2, 0.25) is 0 Å². The lowest BCUT2D eigenvalue weighted by Gasteiger charge is -2.46. The number of ether oxygens (including phenoxy) is 1. The Labute approximate surface area is 114 Å². The Morgan fingerprint density at radius 3 is 2.79 bits per heavy atom. The summed E-state index contributed by atoms with van der Waals surface area (Å²) in [4.78, 5) is 6.36. The lowest BCUT2D eigenvalue weighted by atomic mass is 9.85. The second kappa shape index (κ2) is 5.86. The van der Waals surface area contributed by atoms with Gasteiger partial charge in [0.2, 0.25) is 0 Å². The molecule has 0 radical (unpaired) electrons. The molecule has 0 amide bonds. The monoisotopic (exact) mass is 265 g/mol. The fourth-order valence-corrected chi connectivity index (χ4v) is 2.64. The van der Waals surface area contributed by atoms with Gasteiger partial charge in [0.1, 0.15) is 6.10 Å². The molecule has 1 saturated heterocycles. The number of aliphatic hydroxyl groups excluding tert-OH is 1. The van der Waals surface area contributed by atoms with Crippen molar-refractivity contribution in [1.82, 2.24) is 9.88 Å². The van der Waals surface area contributed by atoms with Crippen molar-refractivity contribution in [2.45, 2.75) is 31.9 Å². The summed E-state index contributed by atoms with van der Waals surface area (Å²) in [5.74, 6) is 0. The average Bonchev–Trinajstić information content (AvgIpc) is 2.47. The van der Waals surface area contributed by atoms with Gasteiger partial charge in [-0.25, -0.2) is 0 Å². The smallest absolute Gasteiger partial charge is 0.101 e. The minimum atomic E-state index is -0.649. The quantitative estimate of drug-likeness (QED) is 0.856. The molecule has 0 aromatic carbocycles. The van der Waals surface area contributed by atoms with Crippen molar-refractivity contribution in [1.29, 1.82) is 0 Å². The summed E-state index contributed by atoms with van der Waals surface area (Å²) < 4.78 is 5.39. The Balaban J connectivity index is 2.27. The van der Waals surface area contributed by atoms with Gasteiger partial charge in [0.05, 0.1) is 13.2 Å². The zero-order valence-corrected chi connectivity index (χ0v) is 11.7. The van der Waals surface area contributed by atoms with E-state index in [1.165, 1.54) is 0 Å². The Morgan fingerprint density at radius 1 is 1.53 bits per heavy atom. The van der Waals surface area contributed by atoms with Crippen molar-refractivity contribution in [3.8, 4) is 0 Å². The first-order chi connectivity index (χ1) is 9.09. The maximum Gasteiger partial charge on any atom is 0.101 e. The van der Waals surface area contributed by atoms with Crippen molar-refractivity contribution < 1.29 is 9.84 Å². The van der Waals surface area contributed by atoms with E-state index in [1.54, 1.807) is 18.5 Å². The normalized spacial score (nSPS) is 21.8. The summed E-state index contributed by atoms with van der Waals surface area (Å²) in [5, 5.41) is 10.8. The van der Waals surface area contributed by atoms with Gasteiger partial charge in [-0.1, -0.05) is 6.92 Å². The highest BCUT2D eigenvalue weighted by Crippen LogP contribution is 2.36. The molecule has 1 aromatic heterocycles. The number of morpholine rings is 1. The van der Waals surface area contributed by atoms with Gasteiger partial charge in [0.25, 0.3) is 0 Å². The molecule has 106 valence electrons. The third-order valence-electron chi connectivity index (χ3n) is 4.22. The van der Waals surface area contributed by atoms with E-state index in [2.05, 4.69) is 23.7 Å². The molecule has 2 heterocycles. The number of nitrogens with two attached hydrogens (primary N) is 1. The minimum absolute atomic E-state index is 0.346. The summed E-state index contributed by atoms with van der Waals surface area (Å²) in [7, 11) is 0. The topological polar surface area (TPSA) is 71.6 Å². The number of nitrogen functional groups attached to an aromatic ring is 1. The zero-order valence-electron chi connectivity index (χ0n) is 11.7. The molecule has 5 heteroatoms. The van der Waals surface area contributed by atoms with Gasteiger partial charge in [0, 0.05) is 42.3 Å². The molecule has 2 unspecified atom stereocenters. The summed E-state index contributed by atoms with van der Waals surface area (Å²) >= 11 is 0. The molecule has 2 rings (SSSR count). The van der Waals surface area contributed by atoms with E-state index in [-0.39, 0.29) is 5.54 Å². The number of pyridine rings is 1. The van der Waals surface area contributed by atoms with Crippen LogP contribution in [0.1, 0.15) is 31.9 Å². The molecule has 3 N–H and O–H groups in total. The fourth-order valence-electron chi connectivity index (χ4n) is 2.64. The van der Waals surface area contributed by atoms with Crippen LogP contribution in [0, 0.1) is 0 Å². The van der Waals surface area contributed by atoms with Crippen LogP contribution in [0.4, 0.5) is 5.69 Å². The number of aromatic nitrogens is 1. The third-order valence-corrected chi connectivity index (χ3v) is 4.22. The van der Waals surface area contributed by atoms with Crippen molar-refractivity contribution >= 4 is 5.69 Å². The fraction of sp³-hybridized carbons (Fsp3) is 0.643. The number of hydrogen-bond donors (Lipinski definition) is 2. The highest BCUT2D eigenvalue weighted by molar-refractivity contribution is 5.46. The van der Waals surface area contributed by atoms with E-state index in [9.17, 15) is 5.11 Å². The zero-order chi connectivity index (χ0) is 13.9. The van der Waals surface area contributed by atoms with Gasteiger partial charge < -0.3 is 15.6 Å². The maximum absolute atomic E-state index is 10.8. The highest BCUT2D eigenvalue weighted by Gasteiger charge is 2.39. The number of rotatable bonds is 4. The molecular formula is C14H23N3O2. The lowest BCUT2D eigenvalue weighted by Crippen LogP contribution is -2.54. The summed E-state index contributed by atoms with van der Waals surface area (Å²) in [6.45, 7) is 7.26. The van der Waals surface area contributed by atoms with Gasteiger partial charge in [-0.05, 0) is 19.4 Å². The third kappa shape index (κ3) is 2.73. The Hall–Kier alpha value is -1.17. The second-order valence-electron chi connectivity index (χ2n) is 5.22. The molecule has 0 bridgehead atoms. The minimum Gasteiger partial charge on any atom is -0.398 e. The van der Waals surface area contributed by atoms with Gasteiger partial charge in [-0.15, -0.1) is 0 Å². The predicted molar refractivity (Wildman–Crippen MR) is 74.7 cm³/mol. The van der Waals surface area contributed by atoms with Crippen LogP contribution in [-0.4, -0.2) is 46.8 Å². The molecule has 1 aliphatic heterocycles. The van der Waals surface area contributed by atoms with Crippen molar-refractivity contribution in [3.05, 3.63) is 24.0 Å². The molecule has 5 nitrogen and oxygen atoms in total. The standard InChI is InChI=1S/C14H23N3O2/c1-3-14(2,17-6-8-19-9-7-17)13(18)11-10-16-5-4-12(11)15/h4-5,10,13,18H,3,6-9H2,1-2H3,(H2,15,16). The van der Waals surface area contributed by atoms with Gasteiger partial charge in [-0.2, -0.15) is 0 Å². The van der Waals surface area contributed by atoms with Crippen LogP contribution >= 0.6 is 0 Å². The number of hydrogen-bond acceptors (Lipinski definition) is 5. The maximum atomic E-state index is 10.8. The number of nitrogens with zero attached hydrogens (tertiary/aromatic N) is 2. The van der Waals surface area contributed by atoms with Crippen LogP contribution in [0.15, 0.2) is 18.5 Å². The van der Waals surface area contributed by atoms with Crippen molar-refractivity contribution in [2.75, 3.05) is 32.0 Å². The molecule has 0 spiro atoms. The average molecular weight is 265 g/mol. The Bertz CT molecular complexity index is 421. The van der Waals surface area contributed by atoms with Gasteiger partial charge >= 0.3 is 0 Å². The van der Waals surface area contributed by atoms with E-state index in [1.807, 2.05) is 0 Å². The Kier molecular flexibility index (Phi) is 4.39. The molecule has 1 aromatic rings. The van der Waals surface area contributed by atoms with Crippen LogP contribution in [0.25, 0.3) is 0 Å². The van der Waals surface area contributed by atoms with Gasteiger partial charge in [0.15, 0.2) is 0 Å². The van der Waals surface area contributed by atoms with E-state index in [4.69, 9.17) is 10.5 Å². The summed E-state index contributed by atoms with van der Waals surface area (Å²) in [6.07, 6.45) is 3.49. The molecule has 1 fully saturated rings. The largest absolute Gasteiger partial charge is 0.398 e. The predicted octanol–water partition coefficient (Wildman–Crippen LogP) is 1.20. The summed E-state index contributed by atoms with van der Waals surface area (Å²) in [5.41, 5.74) is 6.91. The lowest BCUT2D eigenvalue weighted by molar-refractivity contribution is -0.0732. The van der Waals surface area contributed by atoms with Crippen LogP contribution < -0.4 is 5.73 Å². The van der Waals surface area contributed by atoms with E-state index in [0.29, 0.717) is 24.5 Å². The number of aliphatic hydroxyl groups is 1. The summed E-state index contributed by atoms with van der Waals surface area (Å²) in [6, 6.07) is 1.73. The molecule has 2 atom stereocenters. The van der Waals surface area contributed by atoms with Crippen LogP contribution in [0.5, 0.6) is 0 Å². The van der Waals surface area contributed by atoms with E-state index >= 15 is 0 Å². The number of anilines is 1. The van der Waals surface area contributed by atoms with Crippen molar-refractivity contribution in [2.24, 2.45) is 0 Å². The first-order valence-corrected chi connectivity index (χ1v) is 6.80. The SMILES string of the molecule is CCC(C)(C(O)c1cnccc1N)N1CCOCC1. The second-order valence-corrected chi connectivity index (χ2v) is 5.22. The van der Waals surface area contributed by atoms with Gasteiger partial charge in [-0.3, -0.25) is 9.88 Å².